The minimum Gasteiger partial charge on any atom is -0.264 e. The van der Waals surface area contributed by atoms with Gasteiger partial charge < -0.3 is 0 Å². The highest BCUT2D eigenvalue weighted by atomic mass is 14.6. The van der Waals surface area contributed by atoms with Crippen molar-refractivity contribution >= 4 is 10.8 Å². The van der Waals surface area contributed by atoms with Crippen molar-refractivity contribution in [2.24, 2.45) is 0 Å². The minimum absolute atomic E-state index is 0.183. The van der Waals surface area contributed by atoms with Gasteiger partial charge in [0.1, 0.15) is 0 Å². The Bertz CT molecular complexity index is 447. The van der Waals surface area contributed by atoms with Gasteiger partial charge in [0, 0.05) is 17.8 Å². The Balaban J connectivity index is 2.78. The summed E-state index contributed by atoms with van der Waals surface area (Å²) in [5, 5.41) is 2.54. The fraction of sp³-hybridized carbons (Fsp3) is 0.308. The largest absolute Gasteiger partial charge is 0.264 e. The van der Waals surface area contributed by atoms with Gasteiger partial charge in [-0.1, -0.05) is 39.0 Å². The van der Waals surface area contributed by atoms with Crippen molar-refractivity contribution in [2.75, 3.05) is 0 Å². The van der Waals surface area contributed by atoms with Crippen LogP contribution >= 0.6 is 0 Å². The van der Waals surface area contributed by atoms with Crippen molar-refractivity contribution in [3.05, 3.63) is 42.2 Å². The average Bonchev–Trinajstić information content (AvgIpc) is 2.15. The number of fused-ring (bicyclic) bond motifs is 1. The van der Waals surface area contributed by atoms with Gasteiger partial charge in [-0.25, -0.2) is 0 Å². The van der Waals surface area contributed by atoms with E-state index >= 15 is 0 Å². The summed E-state index contributed by atoms with van der Waals surface area (Å²) < 4.78 is 0. The summed E-state index contributed by atoms with van der Waals surface area (Å²) in [6.45, 7) is 6.69. The number of nitrogens with zero attached hydrogens (tertiary/aromatic N) is 1. The molecule has 1 nitrogen and oxygen atoms in total. The molecule has 0 N–H and O–H groups in total. The third kappa shape index (κ3) is 1.50. The molecule has 0 unspecified atom stereocenters. The molecule has 0 aliphatic rings. The predicted molar refractivity (Wildman–Crippen MR) is 60.4 cm³/mol. The van der Waals surface area contributed by atoms with E-state index in [9.17, 15) is 0 Å². The third-order valence-electron chi connectivity index (χ3n) is 2.49. The third-order valence-corrected chi connectivity index (χ3v) is 2.49. The summed E-state index contributed by atoms with van der Waals surface area (Å²) in [6, 6.07) is 8.49. The maximum Gasteiger partial charge on any atom is 0.0349 e. The van der Waals surface area contributed by atoms with E-state index in [1.807, 2.05) is 12.4 Å². The first kappa shape index (κ1) is 9.20. The van der Waals surface area contributed by atoms with Gasteiger partial charge in [0.15, 0.2) is 0 Å². The highest BCUT2D eigenvalue weighted by Gasteiger charge is 2.15. The Hall–Kier alpha value is -1.37. The summed E-state index contributed by atoms with van der Waals surface area (Å²) >= 11 is 0. The van der Waals surface area contributed by atoms with Gasteiger partial charge in [-0.2, -0.15) is 0 Å². The molecular weight excluding hydrogens is 170 g/mol. The minimum atomic E-state index is 0.183. The number of aromatic nitrogens is 1. The Labute approximate surface area is 84.8 Å². The Morgan fingerprint density at radius 2 is 1.86 bits per heavy atom. The molecule has 0 radical (unpaired) electrons. The van der Waals surface area contributed by atoms with Crippen LogP contribution in [0.2, 0.25) is 0 Å². The second-order valence-electron chi connectivity index (χ2n) is 4.65. The predicted octanol–water partition coefficient (Wildman–Crippen LogP) is 3.53. The van der Waals surface area contributed by atoms with E-state index in [2.05, 4.69) is 50.0 Å². The topological polar surface area (TPSA) is 12.9 Å². The molecule has 0 saturated heterocycles. The summed E-state index contributed by atoms with van der Waals surface area (Å²) in [5.41, 5.74) is 1.55. The molecule has 0 atom stereocenters. The fourth-order valence-corrected chi connectivity index (χ4v) is 1.77. The molecule has 1 heteroatoms. The highest BCUT2D eigenvalue weighted by molar-refractivity contribution is 5.85. The summed E-state index contributed by atoms with van der Waals surface area (Å²) in [4.78, 5) is 4.19. The van der Waals surface area contributed by atoms with Gasteiger partial charge in [0.2, 0.25) is 0 Å². The quantitative estimate of drug-likeness (QED) is 0.611. The van der Waals surface area contributed by atoms with Crippen LogP contribution in [0.25, 0.3) is 10.8 Å². The lowest BCUT2D eigenvalue weighted by atomic mass is 9.84. The van der Waals surface area contributed by atoms with Gasteiger partial charge in [-0.3, -0.25) is 4.98 Å². The van der Waals surface area contributed by atoms with Crippen molar-refractivity contribution in [3.8, 4) is 0 Å². The van der Waals surface area contributed by atoms with Crippen LogP contribution in [0.15, 0.2) is 36.7 Å². The molecule has 1 heterocycles. The molecule has 1 aromatic heterocycles. The number of pyridine rings is 1. The van der Waals surface area contributed by atoms with E-state index in [-0.39, 0.29) is 5.41 Å². The molecule has 0 aliphatic heterocycles. The van der Waals surface area contributed by atoms with Gasteiger partial charge in [-0.05, 0) is 22.4 Å². The van der Waals surface area contributed by atoms with E-state index in [4.69, 9.17) is 0 Å². The first-order chi connectivity index (χ1) is 6.59. The lowest BCUT2D eigenvalue weighted by molar-refractivity contribution is 0.596. The van der Waals surface area contributed by atoms with Crippen LogP contribution in [0, 0.1) is 0 Å². The molecule has 72 valence electrons. The molecule has 2 rings (SSSR count). The molecule has 1 aromatic carbocycles. The van der Waals surface area contributed by atoms with Crippen molar-refractivity contribution in [2.45, 2.75) is 26.2 Å². The second kappa shape index (κ2) is 3.09. The van der Waals surface area contributed by atoms with Crippen LogP contribution in [-0.4, -0.2) is 4.98 Å². The first-order valence-corrected chi connectivity index (χ1v) is 4.92. The Morgan fingerprint density at radius 3 is 2.57 bits per heavy atom. The van der Waals surface area contributed by atoms with Crippen molar-refractivity contribution < 1.29 is 0 Å². The van der Waals surface area contributed by atoms with Crippen LogP contribution < -0.4 is 0 Å². The van der Waals surface area contributed by atoms with Gasteiger partial charge >= 0.3 is 0 Å². The SMILES string of the molecule is CC(C)(C)c1cccc2ccncc12. The zero-order valence-electron chi connectivity index (χ0n) is 8.91. The average molecular weight is 185 g/mol. The maximum atomic E-state index is 4.19. The zero-order chi connectivity index (χ0) is 10.2. The lowest BCUT2D eigenvalue weighted by Crippen LogP contribution is -2.11. The molecule has 14 heavy (non-hydrogen) atoms. The molecule has 0 saturated carbocycles. The second-order valence-corrected chi connectivity index (χ2v) is 4.65. The molecular formula is C13H15N. The van der Waals surface area contributed by atoms with Gasteiger partial charge in [0.25, 0.3) is 0 Å². The molecule has 0 bridgehead atoms. The molecule has 0 amide bonds. The normalized spacial score (nSPS) is 11.9. The smallest absolute Gasteiger partial charge is 0.0349 e. The van der Waals surface area contributed by atoms with E-state index < -0.39 is 0 Å². The lowest BCUT2D eigenvalue weighted by Gasteiger charge is -2.20. The van der Waals surface area contributed by atoms with Crippen molar-refractivity contribution in [1.82, 2.24) is 4.98 Å². The van der Waals surface area contributed by atoms with Crippen LogP contribution in [0.3, 0.4) is 0 Å². The number of rotatable bonds is 0. The van der Waals surface area contributed by atoms with E-state index in [1.165, 1.54) is 16.3 Å². The number of benzene rings is 1. The highest BCUT2D eigenvalue weighted by Crippen LogP contribution is 2.28. The summed E-state index contributed by atoms with van der Waals surface area (Å²) in [5.74, 6) is 0. The van der Waals surface area contributed by atoms with Crippen molar-refractivity contribution in [1.29, 1.82) is 0 Å². The van der Waals surface area contributed by atoms with E-state index in [0.717, 1.165) is 0 Å². The number of hydrogen-bond donors (Lipinski definition) is 0. The summed E-state index contributed by atoms with van der Waals surface area (Å²) in [6.07, 6.45) is 3.80. The Morgan fingerprint density at radius 1 is 1.07 bits per heavy atom. The van der Waals surface area contributed by atoms with Gasteiger partial charge in [0.05, 0.1) is 0 Å². The molecule has 0 aliphatic carbocycles. The molecule has 2 aromatic rings. The fourth-order valence-electron chi connectivity index (χ4n) is 1.77. The van der Waals surface area contributed by atoms with E-state index in [0.29, 0.717) is 0 Å². The maximum absolute atomic E-state index is 4.19. The molecule has 0 fully saturated rings. The van der Waals surface area contributed by atoms with Crippen LogP contribution in [-0.2, 0) is 5.41 Å². The van der Waals surface area contributed by atoms with Crippen molar-refractivity contribution in [3.63, 3.8) is 0 Å². The van der Waals surface area contributed by atoms with E-state index in [1.54, 1.807) is 0 Å². The molecule has 0 spiro atoms. The zero-order valence-corrected chi connectivity index (χ0v) is 8.91. The summed E-state index contributed by atoms with van der Waals surface area (Å²) in [7, 11) is 0. The standard InChI is InChI=1S/C13H15N/c1-13(2,3)12-6-4-5-10-7-8-14-9-11(10)12/h4-9H,1-3H3. The monoisotopic (exact) mass is 185 g/mol. The van der Waals surface area contributed by atoms with Crippen LogP contribution in [0.5, 0.6) is 0 Å². The van der Waals surface area contributed by atoms with Crippen LogP contribution in [0.1, 0.15) is 26.3 Å². The number of hydrogen-bond acceptors (Lipinski definition) is 1. The van der Waals surface area contributed by atoms with Crippen LogP contribution in [0.4, 0.5) is 0 Å². The van der Waals surface area contributed by atoms with Gasteiger partial charge in [-0.15, -0.1) is 0 Å². The first-order valence-electron chi connectivity index (χ1n) is 4.92. The Kier molecular flexibility index (Phi) is 2.03.